The number of carbonyl (C=O) groups is 1. The molecular weight excluding hydrogens is 405 g/mol. The van der Waals surface area contributed by atoms with Gasteiger partial charge >= 0.3 is 0 Å². The van der Waals surface area contributed by atoms with Crippen molar-refractivity contribution in [1.82, 2.24) is 14.6 Å². The first-order valence-corrected chi connectivity index (χ1v) is 8.92. The van der Waals surface area contributed by atoms with Crippen LogP contribution in [0.1, 0.15) is 5.56 Å². The molecule has 1 N–H and O–H groups in total. The van der Waals surface area contributed by atoms with Crippen molar-refractivity contribution in [2.24, 2.45) is 0 Å². The Labute approximate surface area is 161 Å². The Kier molecular flexibility index (Phi) is 5.35. The van der Waals surface area contributed by atoms with Gasteiger partial charge in [0.1, 0.15) is 6.07 Å². The molecule has 0 fully saturated rings. The lowest BCUT2D eigenvalue weighted by Crippen LogP contribution is -2.15. The van der Waals surface area contributed by atoms with E-state index in [2.05, 4.69) is 15.5 Å². The van der Waals surface area contributed by atoms with Crippen LogP contribution in [0.2, 0.25) is 15.1 Å². The molecule has 1 amide bonds. The molecule has 0 aliphatic carbocycles. The van der Waals surface area contributed by atoms with Gasteiger partial charge in [-0.05, 0) is 24.3 Å². The number of rotatable bonds is 4. The zero-order valence-corrected chi connectivity index (χ0v) is 15.4. The van der Waals surface area contributed by atoms with Gasteiger partial charge in [-0.3, -0.25) is 9.20 Å². The molecule has 1 aromatic carbocycles. The second kappa shape index (κ2) is 7.50. The van der Waals surface area contributed by atoms with Crippen molar-refractivity contribution in [3.8, 4) is 6.07 Å². The molecule has 10 heteroatoms. The molecule has 0 aliphatic heterocycles. The minimum atomic E-state index is -0.311. The molecule has 0 atom stereocenters. The number of nitriles is 1. The Balaban J connectivity index is 1.73. The van der Waals surface area contributed by atoms with Gasteiger partial charge in [0.15, 0.2) is 10.8 Å². The van der Waals surface area contributed by atoms with E-state index in [0.29, 0.717) is 37.1 Å². The molecule has 0 saturated carbocycles. The van der Waals surface area contributed by atoms with E-state index in [0.717, 1.165) is 11.8 Å². The van der Waals surface area contributed by atoms with Gasteiger partial charge in [0.25, 0.3) is 0 Å². The highest BCUT2D eigenvalue weighted by Crippen LogP contribution is 2.26. The molecule has 126 valence electrons. The lowest BCUT2D eigenvalue weighted by Gasteiger charge is -2.07. The van der Waals surface area contributed by atoms with Crippen LogP contribution in [0.15, 0.2) is 35.6 Å². The van der Waals surface area contributed by atoms with Gasteiger partial charge in [0.2, 0.25) is 5.91 Å². The Morgan fingerprint density at radius 1 is 1.24 bits per heavy atom. The summed E-state index contributed by atoms with van der Waals surface area (Å²) >= 11 is 19.1. The maximum atomic E-state index is 12.2. The Hall–Kier alpha value is -1.98. The molecule has 3 rings (SSSR count). The molecule has 0 bridgehead atoms. The van der Waals surface area contributed by atoms with Crippen LogP contribution < -0.4 is 5.32 Å². The SMILES string of the molecule is N#Cc1ccc(Cl)cc1NC(=O)CSc1nnc2c(Cl)cc(Cl)cn12. The van der Waals surface area contributed by atoms with Crippen molar-refractivity contribution in [2.75, 3.05) is 11.1 Å². The summed E-state index contributed by atoms with van der Waals surface area (Å²) in [5.41, 5.74) is 1.14. The summed E-state index contributed by atoms with van der Waals surface area (Å²) in [7, 11) is 0. The number of carbonyl (C=O) groups excluding carboxylic acids is 1. The number of benzene rings is 1. The Morgan fingerprint density at radius 3 is 2.80 bits per heavy atom. The van der Waals surface area contributed by atoms with Crippen LogP contribution in [0.25, 0.3) is 5.65 Å². The number of hydrogen-bond acceptors (Lipinski definition) is 5. The van der Waals surface area contributed by atoms with E-state index >= 15 is 0 Å². The summed E-state index contributed by atoms with van der Waals surface area (Å²) in [6.07, 6.45) is 1.62. The van der Waals surface area contributed by atoms with Gasteiger partial charge < -0.3 is 5.32 Å². The van der Waals surface area contributed by atoms with Crippen LogP contribution in [-0.4, -0.2) is 26.3 Å². The quantitative estimate of drug-likeness (QED) is 0.646. The monoisotopic (exact) mass is 411 g/mol. The summed E-state index contributed by atoms with van der Waals surface area (Å²) in [6, 6.07) is 8.21. The maximum Gasteiger partial charge on any atom is 0.234 e. The van der Waals surface area contributed by atoms with Crippen LogP contribution in [-0.2, 0) is 4.79 Å². The molecule has 0 spiro atoms. The number of hydrogen-bond donors (Lipinski definition) is 1. The minimum Gasteiger partial charge on any atom is -0.324 e. The molecule has 0 radical (unpaired) electrons. The van der Waals surface area contributed by atoms with Crippen molar-refractivity contribution >= 4 is 63.8 Å². The smallest absolute Gasteiger partial charge is 0.234 e. The lowest BCUT2D eigenvalue weighted by atomic mass is 10.2. The summed E-state index contributed by atoms with van der Waals surface area (Å²) in [4.78, 5) is 12.2. The van der Waals surface area contributed by atoms with Gasteiger partial charge in [-0.25, -0.2) is 0 Å². The van der Waals surface area contributed by atoms with Gasteiger partial charge in [0, 0.05) is 11.2 Å². The van der Waals surface area contributed by atoms with E-state index in [1.54, 1.807) is 28.8 Å². The number of fused-ring (bicyclic) bond motifs is 1. The highest BCUT2D eigenvalue weighted by atomic mass is 35.5. The number of aromatic nitrogens is 3. The second-order valence-corrected chi connectivity index (χ2v) is 7.04. The van der Waals surface area contributed by atoms with Crippen molar-refractivity contribution in [3.63, 3.8) is 0 Å². The molecule has 25 heavy (non-hydrogen) atoms. The summed E-state index contributed by atoms with van der Waals surface area (Å²) in [5, 5.41) is 21.4. The van der Waals surface area contributed by atoms with E-state index in [4.69, 9.17) is 40.1 Å². The van der Waals surface area contributed by atoms with Crippen molar-refractivity contribution in [1.29, 1.82) is 5.26 Å². The first kappa shape index (κ1) is 17.8. The largest absolute Gasteiger partial charge is 0.324 e. The highest BCUT2D eigenvalue weighted by Gasteiger charge is 2.13. The van der Waals surface area contributed by atoms with E-state index in [1.165, 1.54) is 6.07 Å². The molecule has 2 aromatic heterocycles. The van der Waals surface area contributed by atoms with Crippen LogP contribution in [0.5, 0.6) is 0 Å². The topological polar surface area (TPSA) is 83.1 Å². The number of thioether (sulfide) groups is 1. The van der Waals surface area contributed by atoms with E-state index in [1.807, 2.05) is 6.07 Å². The lowest BCUT2D eigenvalue weighted by molar-refractivity contribution is -0.113. The fourth-order valence-corrected chi connectivity index (χ4v) is 3.42. The summed E-state index contributed by atoms with van der Waals surface area (Å²) in [5.74, 6) is -0.254. The first-order chi connectivity index (χ1) is 12.0. The van der Waals surface area contributed by atoms with Gasteiger partial charge in [-0.1, -0.05) is 46.6 Å². The van der Waals surface area contributed by atoms with E-state index < -0.39 is 0 Å². The van der Waals surface area contributed by atoms with Crippen molar-refractivity contribution < 1.29 is 4.79 Å². The average Bonchev–Trinajstić information content (AvgIpc) is 2.96. The molecule has 0 unspecified atom stereocenters. The number of nitrogens with zero attached hydrogens (tertiary/aromatic N) is 4. The number of halogens is 3. The predicted octanol–water partition coefficient (Wildman–Crippen LogP) is 4.29. The Morgan fingerprint density at radius 2 is 2.04 bits per heavy atom. The van der Waals surface area contributed by atoms with Crippen molar-refractivity contribution in [2.45, 2.75) is 5.16 Å². The third kappa shape index (κ3) is 3.99. The third-order valence-electron chi connectivity index (χ3n) is 3.10. The Bertz CT molecular complexity index is 1010. The van der Waals surface area contributed by atoms with Crippen LogP contribution in [0, 0.1) is 11.3 Å². The molecule has 2 heterocycles. The van der Waals surface area contributed by atoms with Crippen LogP contribution >= 0.6 is 46.6 Å². The molecule has 3 aromatic rings. The summed E-state index contributed by atoms with van der Waals surface area (Å²) in [6.45, 7) is 0. The maximum absolute atomic E-state index is 12.2. The molecule has 0 aliphatic rings. The van der Waals surface area contributed by atoms with Crippen molar-refractivity contribution in [3.05, 3.63) is 51.1 Å². The van der Waals surface area contributed by atoms with Crippen LogP contribution in [0.4, 0.5) is 5.69 Å². The average molecular weight is 413 g/mol. The molecular formula is C15H8Cl3N5OS. The first-order valence-electron chi connectivity index (χ1n) is 6.80. The van der Waals surface area contributed by atoms with E-state index in [9.17, 15) is 4.79 Å². The normalized spacial score (nSPS) is 10.6. The zero-order valence-electron chi connectivity index (χ0n) is 12.3. The van der Waals surface area contributed by atoms with Crippen LogP contribution in [0.3, 0.4) is 0 Å². The number of anilines is 1. The number of nitrogens with one attached hydrogen (secondary N) is 1. The molecule has 0 saturated heterocycles. The summed E-state index contributed by atoms with van der Waals surface area (Å²) < 4.78 is 1.61. The van der Waals surface area contributed by atoms with Gasteiger partial charge in [-0.2, -0.15) is 5.26 Å². The number of pyridine rings is 1. The fraction of sp³-hybridized carbons (Fsp3) is 0.0667. The zero-order chi connectivity index (χ0) is 18.0. The highest BCUT2D eigenvalue weighted by molar-refractivity contribution is 7.99. The number of amides is 1. The van der Waals surface area contributed by atoms with E-state index in [-0.39, 0.29) is 11.7 Å². The predicted molar refractivity (Wildman–Crippen MR) is 98.5 cm³/mol. The standard InChI is InChI=1S/C15H8Cl3N5OS/c16-9-2-1-8(5-19)12(4-9)20-13(24)7-25-15-22-21-14-11(18)3-10(17)6-23(14)15/h1-4,6H,7H2,(H,20,24). The minimum absolute atomic E-state index is 0.0578. The van der Waals surface area contributed by atoms with Gasteiger partial charge in [0.05, 0.1) is 27.0 Å². The third-order valence-corrected chi connectivity index (χ3v) is 4.77. The molecule has 6 nitrogen and oxygen atoms in total. The second-order valence-electron chi connectivity index (χ2n) is 4.82. The fourth-order valence-electron chi connectivity index (χ4n) is 2.03. The van der Waals surface area contributed by atoms with Gasteiger partial charge in [-0.15, -0.1) is 10.2 Å².